The first-order chi connectivity index (χ1) is 11.8. The highest BCUT2D eigenvalue weighted by Gasteiger charge is 2.22. The van der Waals surface area contributed by atoms with Gasteiger partial charge >= 0.3 is 5.97 Å². The number of aliphatic carboxylic acids is 1. The topological polar surface area (TPSA) is 110 Å². The van der Waals surface area contributed by atoms with E-state index < -0.39 is 22.8 Å². The second-order valence-corrected chi connectivity index (χ2v) is 6.98. The third-order valence-corrected chi connectivity index (χ3v) is 4.23. The van der Waals surface area contributed by atoms with Gasteiger partial charge in [-0.1, -0.05) is 44.0 Å². The van der Waals surface area contributed by atoms with Crippen LogP contribution in [0.4, 0.5) is 5.69 Å². The Bertz CT molecular complexity index is 804. The molecule has 0 aliphatic rings. The number of nitrogens with zero attached hydrogens (tertiary/aromatic N) is 1. The van der Waals surface area contributed by atoms with E-state index in [1.54, 1.807) is 18.2 Å². The minimum Gasteiger partial charge on any atom is -0.480 e. The Morgan fingerprint density at radius 3 is 2.16 bits per heavy atom. The average Bonchev–Trinajstić information content (AvgIpc) is 2.53. The van der Waals surface area contributed by atoms with Crippen LogP contribution in [0.2, 0.25) is 0 Å². The summed E-state index contributed by atoms with van der Waals surface area (Å²) in [6.07, 6.45) is 0.00818. The Balaban J connectivity index is 2.13. The number of carbonyl (C=O) groups excluding carboxylic acids is 1. The SMILES string of the molecule is O=C(N[C@H](Cc1ccc([N+](=O)[O-])cc1)C(=O)O)c1cc(Br)cc(Br)c1. The third-order valence-electron chi connectivity index (χ3n) is 3.32. The maximum Gasteiger partial charge on any atom is 0.326 e. The second kappa shape index (κ2) is 8.21. The number of nitrogens with one attached hydrogen (secondary N) is 1. The van der Waals surface area contributed by atoms with Gasteiger partial charge in [0.25, 0.3) is 11.6 Å². The molecule has 0 radical (unpaired) electrons. The molecule has 0 aliphatic carbocycles. The van der Waals surface area contributed by atoms with Crippen molar-refractivity contribution in [2.45, 2.75) is 12.5 Å². The lowest BCUT2D eigenvalue weighted by molar-refractivity contribution is -0.384. The van der Waals surface area contributed by atoms with Crippen LogP contribution in [0.5, 0.6) is 0 Å². The summed E-state index contributed by atoms with van der Waals surface area (Å²) in [7, 11) is 0. The van der Waals surface area contributed by atoms with Crippen molar-refractivity contribution in [1.29, 1.82) is 0 Å². The van der Waals surface area contributed by atoms with E-state index in [0.29, 0.717) is 20.1 Å². The number of carboxylic acids is 1. The number of halogens is 2. The van der Waals surface area contributed by atoms with Gasteiger partial charge in [0.15, 0.2) is 0 Å². The van der Waals surface area contributed by atoms with Crippen LogP contribution < -0.4 is 5.32 Å². The van der Waals surface area contributed by atoms with E-state index >= 15 is 0 Å². The van der Waals surface area contributed by atoms with E-state index in [4.69, 9.17) is 0 Å². The lowest BCUT2D eigenvalue weighted by Crippen LogP contribution is -2.42. The molecule has 0 aromatic heterocycles. The van der Waals surface area contributed by atoms with Crippen LogP contribution in [0.3, 0.4) is 0 Å². The van der Waals surface area contributed by atoms with Crippen molar-refractivity contribution < 1.29 is 19.6 Å². The maximum absolute atomic E-state index is 12.3. The molecule has 0 bridgehead atoms. The summed E-state index contributed by atoms with van der Waals surface area (Å²) in [6, 6.07) is 9.26. The molecule has 1 amide bonds. The molecule has 9 heteroatoms. The quantitative estimate of drug-likeness (QED) is 0.494. The summed E-state index contributed by atoms with van der Waals surface area (Å²) in [5.74, 6) is -1.72. The van der Waals surface area contributed by atoms with Crippen LogP contribution in [-0.2, 0) is 11.2 Å². The molecule has 25 heavy (non-hydrogen) atoms. The van der Waals surface area contributed by atoms with Gasteiger partial charge < -0.3 is 10.4 Å². The molecule has 2 N–H and O–H groups in total. The van der Waals surface area contributed by atoms with Gasteiger partial charge in [-0.15, -0.1) is 0 Å². The Hall–Kier alpha value is -2.26. The number of carbonyl (C=O) groups is 2. The minimum atomic E-state index is -1.19. The van der Waals surface area contributed by atoms with Crippen molar-refractivity contribution in [2.24, 2.45) is 0 Å². The average molecular weight is 472 g/mol. The molecule has 2 aromatic carbocycles. The molecule has 0 aliphatic heterocycles. The van der Waals surface area contributed by atoms with Gasteiger partial charge in [0.05, 0.1) is 4.92 Å². The van der Waals surface area contributed by atoms with Crippen molar-refractivity contribution in [2.75, 3.05) is 0 Å². The fraction of sp³-hybridized carbons (Fsp3) is 0.125. The van der Waals surface area contributed by atoms with Gasteiger partial charge in [0, 0.05) is 33.1 Å². The number of non-ortho nitro benzene ring substituents is 1. The number of carboxylic acid groups (broad SMARTS) is 1. The molecular weight excluding hydrogens is 460 g/mol. The van der Waals surface area contributed by atoms with E-state index in [0.717, 1.165) is 0 Å². The Labute approximate surface area is 159 Å². The molecule has 0 spiro atoms. The number of nitro groups is 1. The number of hydrogen-bond donors (Lipinski definition) is 2. The van der Waals surface area contributed by atoms with Crippen LogP contribution in [0.1, 0.15) is 15.9 Å². The monoisotopic (exact) mass is 470 g/mol. The largest absolute Gasteiger partial charge is 0.480 e. The number of rotatable bonds is 6. The van der Waals surface area contributed by atoms with Crippen LogP contribution in [-0.4, -0.2) is 27.9 Å². The van der Waals surface area contributed by atoms with Crippen molar-refractivity contribution in [3.8, 4) is 0 Å². The smallest absolute Gasteiger partial charge is 0.326 e. The number of benzene rings is 2. The number of nitro benzene ring substituents is 1. The van der Waals surface area contributed by atoms with Crippen LogP contribution in [0.15, 0.2) is 51.4 Å². The first kappa shape index (κ1) is 19.1. The van der Waals surface area contributed by atoms with Gasteiger partial charge in [-0.2, -0.15) is 0 Å². The zero-order valence-electron chi connectivity index (χ0n) is 12.6. The summed E-state index contributed by atoms with van der Waals surface area (Å²) in [6.45, 7) is 0. The maximum atomic E-state index is 12.3. The van der Waals surface area contributed by atoms with Gasteiger partial charge in [0.2, 0.25) is 0 Å². The molecule has 0 fully saturated rings. The summed E-state index contributed by atoms with van der Waals surface area (Å²) >= 11 is 6.53. The molecule has 0 heterocycles. The standard InChI is InChI=1S/C16H12Br2N2O5/c17-11-6-10(7-12(18)8-11)15(21)19-14(16(22)23)5-9-1-3-13(4-2-9)20(24)25/h1-4,6-8,14H,5H2,(H,19,21)(H,22,23)/t14-/m1/s1. The Morgan fingerprint density at radius 1 is 1.12 bits per heavy atom. The van der Waals surface area contributed by atoms with E-state index in [1.807, 2.05) is 0 Å². The summed E-state index contributed by atoms with van der Waals surface area (Å²) < 4.78 is 1.35. The molecule has 0 saturated heterocycles. The van der Waals surface area contributed by atoms with Crippen molar-refractivity contribution >= 4 is 49.4 Å². The highest BCUT2D eigenvalue weighted by molar-refractivity contribution is 9.11. The van der Waals surface area contributed by atoms with Gasteiger partial charge in [0.1, 0.15) is 6.04 Å². The first-order valence-corrected chi connectivity index (χ1v) is 8.58. The van der Waals surface area contributed by atoms with E-state index in [1.165, 1.54) is 24.3 Å². The van der Waals surface area contributed by atoms with Crippen molar-refractivity contribution in [3.63, 3.8) is 0 Å². The molecule has 7 nitrogen and oxygen atoms in total. The molecule has 0 unspecified atom stereocenters. The number of hydrogen-bond acceptors (Lipinski definition) is 4. The van der Waals surface area contributed by atoms with E-state index in [2.05, 4.69) is 37.2 Å². The van der Waals surface area contributed by atoms with Crippen LogP contribution >= 0.6 is 31.9 Å². The highest BCUT2D eigenvalue weighted by Crippen LogP contribution is 2.20. The molecule has 0 saturated carbocycles. The predicted octanol–water partition coefficient (Wildman–Crippen LogP) is 3.55. The van der Waals surface area contributed by atoms with E-state index in [-0.39, 0.29) is 12.1 Å². The predicted molar refractivity (Wildman–Crippen MR) is 97.5 cm³/mol. The van der Waals surface area contributed by atoms with E-state index in [9.17, 15) is 24.8 Å². The zero-order chi connectivity index (χ0) is 18.6. The van der Waals surface area contributed by atoms with Crippen molar-refractivity contribution in [1.82, 2.24) is 5.32 Å². The fourth-order valence-corrected chi connectivity index (χ4v) is 3.41. The second-order valence-electron chi connectivity index (χ2n) is 5.15. The number of amides is 1. The lowest BCUT2D eigenvalue weighted by Gasteiger charge is -2.15. The molecule has 130 valence electrons. The fourth-order valence-electron chi connectivity index (χ4n) is 2.12. The minimum absolute atomic E-state index is 0.00818. The van der Waals surface area contributed by atoms with Gasteiger partial charge in [-0.25, -0.2) is 4.79 Å². The van der Waals surface area contributed by atoms with Crippen LogP contribution in [0.25, 0.3) is 0 Å². The van der Waals surface area contributed by atoms with Crippen molar-refractivity contribution in [3.05, 3.63) is 72.7 Å². The Kier molecular flexibility index (Phi) is 6.27. The summed E-state index contributed by atoms with van der Waals surface area (Å²) in [5.41, 5.74) is 0.781. The zero-order valence-corrected chi connectivity index (χ0v) is 15.8. The first-order valence-electron chi connectivity index (χ1n) is 6.99. The molecule has 2 aromatic rings. The van der Waals surface area contributed by atoms with Gasteiger partial charge in [-0.05, 0) is 23.8 Å². The normalized spacial score (nSPS) is 11.6. The summed E-state index contributed by atoms with van der Waals surface area (Å²) in [4.78, 5) is 33.8. The summed E-state index contributed by atoms with van der Waals surface area (Å²) in [5, 5.41) is 22.4. The molecule has 1 atom stereocenters. The molecular formula is C16H12Br2N2O5. The third kappa shape index (κ3) is 5.36. The Morgan fingerprint density at radius 2 is 1.68 bits per heavy atom. The lowest BCUT2D eigenvalue weighted by atomic mass is 10.0. The van der Waals surface area contributed by atoms with Crippen LogP contribution in [0, 0.1) is 10.1 Å². The highest BCUT2D eigenvalue weighted by atomic mass is 79.9. The van der Waals surface area contributed by atoms with Gasteiger partial charge in [-0.3, -0.25) is 14.9 Å². The molecule has 2 rings (SSSR count).